The molecule has 0 bridgehead atoms. The SMILES string of the molecule is CC1(C)C=C(/C=C\C=C\c2cccc(-c3cccc(-c4nc(-c5ccccc5)nc(-c5ccccc5)n4)c3)c2)c2ccccc21. The van der Waals surface area contributed by atoms with Crippen molar-refractivity contribution in [2.24, 2.45) is 0 Å². The van der Waals surface area contributed by atoms with Crippen molar-refractivity contribution in [1.29, 1.82) is 0 Å². The van der Waals surface area contributed by atoms with Gasteiger partial charge in [0.05, 0.1) is 0 Å². The first-order chi connectivity index (χ1) is 22.0. The highest BCUT2D eigenvalue weighted by Gasteiger charge is 2.27. The zero-order valence-corrected chi connectivity index (χ0v) is 25.4. The van der Waals surface area contributed by atoms with Gasteiger partial charge in [0.2, 0.25) is 0 Å². The van der Waals surface area contributed by atoms with Crippen LogP contribution in [-0.4, -0.2) is 15.0 Å². The molecule has 0 saturated heterocycles. The molecule has 0 unspecified atom stereocenters. The van der Waals surface area contributed by atoms with Crippen molar-refractivity contribution in [3.8, 4) is 45.3 Å². The van der Waals surface area contributed by atoms with Gasteiger partial charge in [-0.2, -0.15) is 0 Å². The van der Waals surface area contributed by atoms with Crippen LogP contribution in [0.3, 0.4) is 0 Å². The number of hydrogen-bond acceptors (Lipinski definition) is 3. The third-order valence-corrected chi connectivity index (χ3v) is 8.16. The van der Waals surface area contributed by atoms with Gasteiger partial charge in [0.25, 0.3) is 0 Å². The summed E-state index contributed by atoms with van der Waals surface area (Å²) in [5.41, 5.74) is 10.3. The van der Waals surface area contributed by atoms with Crippen LogP contribution < -0.4 is 0 Å². The van der Waals surface area contributed by atoms with Crippen molar-refractivity contribution in [3.05, 3.63) is 174 Å². The van der Waals surface area contributed by atoms with Gasteiger partial charge in [-0.25, -0.2) is 15.0 Å². The maximum Gasteiger partial charge on any atom is 0.164 e. The maximum atomic E-state index is 4.91. The number of benzene rings is 5. The Kier molecular flexibility index (Phi) is 7.59. The molecule has 0 N–H and O–H groups in total. The Morgan fingerprint density at radius 1 is 0.467 bits per heavy atom. The molecule has 5 aromatic carbocycles. The molecule has 0 amide bonds. The summed E-state index contributed by atoms with van der Waals surface area (Å²) < 4.78 is 0. The van der Waals surface area contributed by atoms with Crippen LogP contribution in [0.4, 0.5) is 0 Å². The number of fused-ring (bicyclic) bond motifs is 1. The van der Waals surface area contributed by atoms with Crippen molar-refractivity contribution in [3.63, 3.8) is 0 Å². The molecule has 0 saturated carbocycles. The van der Waals surface area contributed by atoms with E-state index in [0.29, 0.717) is 17.5 Å². The van der Waals surface area contributed by atoms with Gasteiger partial charge in [-0.3, -0.25) is 0 Å². The predicted octanol–water partition coefficient (Wildman–Crippen LogP) is 10.5. The summed E-state index contributed by atoms with van der Waals surface area (Å²) >= 11 is 0. The molecule has 45 heavy (non-hydrogen) atoms. The van der Waals surface area contributed by atoms with E-state index in [2.05, 4.69) is 117 Å². The Morgan fingerprint density at radius 3 is 1.67 bits per heavy atom. The molecule has 0 spiro atoms. The van der Waals surface area contributed by atoms with Gasteiger partial charge >= 0.3 is 0 Å². The summed E-state index contributed by atoms with van der Waals surface area (Å²) in [5, 5.41) is 0. The average molecular weight is 580 g/mol. The Labute approximate surface area is 265 Å². The highest BCUT2D eigenvalue weighted by molar-refractivity contribution is 5.83. The zero-order valence-electron chi connectivity index (χ0n) is 25.4. The molecule has 1 aliphatic carbocycles. The van der Waals surface area contributed by atoms with Crippen LogP contribution >= 0.6 is 0 Å². The molecule has 1 aliphatic rings. The molecule has 0 aliphatic heterocycles. The second-order valence-electron chi connectivity index (χ2n) is 11.8. The van der Waals surface area contributed by atoms with Crippen molar-refractivity contribution >= 4 is 11.6 Å². The van der Waals surface area contributed by atoms with Crippen LogP contribution in [0.15, 0.2) is 158 Å². The van der Waals surface area contributed by atoms with E-state index in [1.165, 1.54) is 16.7 Å². The second-order valence-corrected chi connectivity index (χ2v) is 11.8. The minimum atomic E-state index is 0.0520. The quantitative estimate of drug-likeness (QED) is 0.177. The van der Waals surface area contributed by atoms with Gasteiger partial charge in [-0.15, -0.1) is 0 Å². The van der Waals surface area contributed by atoms with Gasteiger partial charge in [-0.05, 0) is 45.5 Å². The molecule has 0 atom stereocenters. The van der Waals surface area contributed by atoms with Crippen LogP contribution in [0.2, 0.25) is 0 Å². The Hall–Kier alpha value is -5.67. The van der Waals surface area contributed by atoms with Gasteiger partial charge in [0.1, 0.15) is 0 Å². The first-order valence-corrected chi connectivity index (χ1v) is 15.3. The van der Waals surface area contributed by atoms with E-state index in [9.17, 15) is 0 Å². The maximum absolute atomic E-state index is 4.91. The zero-order chi connectivity index (χ0) is 30.6. The number of hydrogen-bond donors (Lipinski definition) is 0. The summed E-state index contributed by atoms with van der Waals surface area (Å²) in [6.07, 6.45) is 11.0. The van der Waals surface area contributed by atoms with Crippen molar-refractivity contribution in [2.75, 3.05) is 0 Å². The standard InChI is InChI=1S/C42H33N3/c1-42(2)29-36(37-25-11-12-26-38(37)42)21-10-9-15-30-16-13-22-33(27-30)34-23-14-24-35(28-34)41-44-39(31-17-5-3-6-18-31)43-40(45-41)32-19-7-4-8-20-32/h3-29H,1-2H3/b15-9+,21-10-. The molecule has 6 aromatic rings. The van der Waals surface area contributed by atoms with E-state index in [1.54, 1.807) is 0 Å². The summed E-state index contributed by atoms with van der Waals surface area (Å²) in [6, 6.07) is 45.8. The molecule has 3 nitrogen and oxygen atoms in total. The first kappa shape index (κ1) is 28.1. The Balaban J connectivity index is 1.17. The van der Waals surface area contributed by atoms with Crippen LogP contribution in [0.1, 0.15) is 30.5 Å². The fraction of sp³-hybridized carbons (Fsp3) is 0.0714. The lowest BCUT2D eigenvalue weighted by atomic mass is 9.87. The fourth-order valence-electron chi connectivity index (χ4n) is 5.90. The molecule has 7 rings (SSSR count). The Bertz CT molecular complexity index is 2010. The highest BCUT2D eigenvalue weighted by atomic mass is 15.0. The number of rotatable bonds is 7. The van der Waals surface area contributed by atoms with Crippen molar-refractivity contribution < 1.29 is 0 Å². The smallest absolute Gasteiger partial charge is 0.164 e. The first-order valence-electron chi connectivity index (χ1n) is 15.3. The summed E-state index contributed by atoms with van der Waals surface area (Å²) in [7, 11) is 0. The normalized spacial score (nSPS) is 13.7. The van der Waals surface area contributed by atoms with Gasteiger partial charge in [-0.1, -0.05) is 166 Å². The van der Waals surface area contributed by atoms with Gasteiger partial charge in [0.15, 0.2) is 17.5 Å². The molecule has 1 aromatic heterocycles. The summed E-state index contributed by atoms with van der Waals surface area (Å²) in [6.45, 7) is 4.54. The van der Waals surface area contributed by atoms with E-state index < -0.39 is 0 Å². The van der Waals surface area contributed by atoms with E-state index in [4.69, 9.17) is 15.0 Å². The number of nitrogens with zero attached hydrogens (tertiary/aromatic N) is 3. The predicted molar refractivity (Wildman–Crippen MR) is 187 cm³/mol. The summed E-state index contributed by atoms with van der Waals surface area (Å²) in [4.78, 5) is 14.7. The van der Waals surface area contributed by atoms with Crippen molar-refractivity contribution in [1.82, 2.24) is 15.0 Å². The van der Waals surface area contributed by atoms with E-state index in [1.807, 2.05) is 60.7 Å². The number of allylic oxidation sites excluding steroid dienone is 5. The van der Waals surface area contributed by atoms with E-state index >= 15 is 0 Å². The third-order valence-electron chi connectivity index (χ3n) is 8.16. The largest absolute Gasteiger partial charge is 0.208 e. The highest BCUT2D eigenvalue weighted by Crippen LogP contribution is 2.40. The van der Waals surface area contributed by atoms with Crippen LogP contribution in [-0.2, 0) is 5.41 Å². The van der Waals surface area contributed by atoms with Gasteiger partial charge in [0, 0.05) is 22.1 Å². The molecule has 1 heterocycles. The number of aromatic nitrogens is 3. The Morgan fingerprint density at radius 2 is 0.978 bits per heavy atom. The van der Waals surface area contributed by atoms with Crippen molar-refractivity contribution in [2.45, 2.75) is 19.3 Å². The third kappa shape index (κ3) is 6.07. The molecule has 0 fully saturated rings. The summed E-state index contributed by atoms with van der Waals surface area (Å²) in [5.74, 6) is 1.97. The second kappa shape index (κ2) is 12.1. The monoisotopic (exact) mass is 579 g/mol. The molecule has 0 radical (unpaired) electrons. The fourth-order valence-corrected chi connectivity index (χ4v) is 5.90. The molecular formula is C42H33N3. The van der Waals surface area contributed by atoms with Gasteiger partial charge < -0.3 is 0 Å². The molecular weight excluding hydrogens is 546 g/mol. The molecule has 3 heteroatoms. The van der Waals surface area contributed by atoms with Crippen LogP contribution in [0.25, 0.3) is 56.9 Å². The van der Waals surface area contributed by atoms with Crippen LogP contribution in [0.5, 0.6) is 0 Å². The lowest BCUT2D eigenvalue weighted by Gasteiger charge is -2.16. The van der Waals surface area contributed by atoms with E-state index in [0.717, 1.165) is 33.4 Å². The average Bonchev–Trinajstić information content (AvgIpc) is 3.37. The minimum Gasteiger partial charge on any atom is -0.208 e. The molecule has 216 valence electrons. The lowest BCUT2D eigenvalue weighted by Crippen LogP contribution is -2.10. The van der Waals surface area contributed by atoms with E-state index in [-0.39, 0.29) is 5.41 Å². The lowest BCUT2D eigenvalue weighted by molar-refractivity contribution is 0.683. The minimum absolute atomic E-state index is 0.0520. The van der Waals surface area contributed by atoms with Crippen LogP contribution in [0, 0.1) is 0 Å². The topological polar surface area (TPSA) is 38.7 Å².